The van der Waals surface area contributed by atoms with Crippen LogP contribution in [0.5, 0.6) is 11.5 Å². The first-order chi connectivity index (χ1) is 12.3. The Morgan fingerprint density at radius 3 is 2.58 bits per heavy atom. The predicted octanol–water partition coefficient (Wildman–Crippen LogP) is 0.769. The molecule has 1 saturated heterocycles. The lowest BCUT2D eigenvalue weighted by Crippen LogP contribution is -2.34. The molecular formula is C16H16N2O7S. The second-order valence-corrected chi connectivity index (χ2v) is 6.00. The van der Waals surface area contributed by atoms with E-state index in [1.165, 1.54) is 20.3 Å². The Labute approximate surface area is 153 Å². The quantitative estimate of drug-likeness (QED) is 0.543. The van der Waals surface area contributed by atoms with Gasteiger partial charge in [-0.15, -0.1) is 0 Å². The fourth-order valence-corrected chi connectivity index (χ4v) is 2.86. The molecule has 0 aliphatic carbocycles. The summed E-state index contributed by atoms with van der Waals surface area (Å²) in [6, 6.07) is 4.74. The Balaban J connectivity index is 2.21. The molecule has 0 saturated carbocycles. The van der Waals surface area contributed by atoms with Crippen LogP contribution >= 0.6 is 11.8 Å². The zero-order valence-corrected chi connectivity index (χ0v) is 14.8. The Morgan fingerprint density at radius 2 is 1.96 bits per heavy atom. The number of carbonyl (C=O) groups is 4. The largest absolute Gasteiger partial charge is 0.493 e. The molecule has 1 aliphatic heterocycles. The lowest BCUT2D eigenvalue weighted by Gasteiger charge is -2.10. The van der Waals surface area contributed by atoms with Gasteiger partial charge in [-0.2, -0.15) is 0 Å². The van der Waals surface area contributed by atoms with E-state index in [0.717, 1.165) is 16.7 Å². The van der Waals surface area contributed by atoms with Gasteiger partial charge in [-0.05, 0) is 35.5 Å². The van der Waals surface area contributed by atoms with E-state index in [2.05, 4.69) is 4.74 Å². The first kappa shape index (κ1) is 19.3. The van der Waals surface area contributed by atoms with E-state index >= 15 is 0 Å². The molecule has 0 unspecified atom stereocenters. The Morgan fingerprint density at radius 1 is 1.23 bits per heavy atom. The minimum atomic E-state index is -0.689. The molecule has 1 heterocycles. The van der Waals surface area contributed by atoms with E-state index in [9.17, 15) is 19.2 Å². The van der Waals surface area contributed by atoms with Gasteiger partial charge >= 0.3 is 5.97 Å². The lowest BCUT2D eigenvalue weighted by atomic mass is 10.2. The number of thioether (sulfide) groups is 1. The van der Waals surface area contributed by atoms with Gasteiger partial charge in [-0.1, -0.05) is 6.07 Å². The average Bonchev–Trinajstić information content (AvgIpc) is 2.87. The number of nitrogens with zero attached hydrogens (tertiary/aromatic N) is 1. The van der Waals surface area contributed by atoms with E-state index in [4.69, 9.17) is 15.2 Å². The molecular weight excluding hydrogens is 364 g/mol. The molecule has 0 atom stereocenters. The van der Waals surface area contributed by atoms with E-state index in [1.807, 2.05) is 0 Å². The van der Waals surface area contributed by atoms with Crippen LogP contribution in [0.4, 0.5) is 4.79 Å². The maximum atomic E-state index is 12.3. The highest BCUT2D eigenvalue weighted by atomic mass is 32.2. The summed E-state index contributed by atoms with van der Waals surface area (Å²) in [6.45, 7) is -0.746. The Kier molecular flexibility index (Phi) is 6.23. The van der Waals surface area contributed by atoms with Crippen LogP contribution in [0.1, 0.15) is 5.56 Å². The molecule has 1 aliphatic rings. The van der Waals surface area contributed by atoms with Crippen molar-refractivity contribution >= 4 is 40.9 Å². The summed E-state index contributed by atoms with van der Waals surface area (Å²) in [6.07, 6.45) is 1.49. The number of amides is 3. The van der Waals surface area contributed by atoms with Gasteiger partial charge in [0.1, 0.15) is 6.54 Å². The molecule has 10 heteroatoms. The first-order valence-electron chi connectivity index (χ1n) is 7.27. The second-order valence-electron chi connectivity index (χ2n) is 5.01. The highest BCUT2D eigenvalue weighted by Crippen LogP contribution is 2.34. The number of carbonyl (C=O) groups excluding carboxylic acids is 4. The van der Waals surface area contributed by atoms with Crippen molar-refractivity contribution in [3.05, 3.63) is 28.7 Å². The number of rotatable bonds is 7. The van der Waals surface area contributed by atoms with Crippen molar-refractivity contribution < 1.29 is 33.4 Å². The van der Waals surface area contributed by atoms with Gasteiger partial charge in [0.2, 0.25) is 0 Å². The highest BCUT2D eigenvalue weighted by molar-refractivity contribution is 8.18. The van der Waals surface area contributed by atoms with Gasteiger partial charge in [0.05, 0.1) is 19.1 Å². The van der Waals surface area contributed by atoms with Crippen LogP contribution in [0.25, 0.3) is 6.08 Å². The van der Waals surface area contributed by atoms with Crippen LogP contribution in [0.3, 0.4) is 0 Å². The molecule has 1 aromatic rings. The number of benzene rings is 1. The predicted molar refractivity (Wildman–Crippen MR) is 92.4 cm³/mol. The number of nitrogens with two attached hydrogens (primary N) is 1. The number of hydrogen-bond acceptors (Lipinski definition) is 8. The summed E-state index contributed by atoms with van der Waals surface area (Å²) < 4.78 is 14.9. The van der Waals surface area contributed by atoms with E-state index in [1.54, 1.807) is 18.2 Å². The van der Waals surface area contributed by atoms with Crippen LogP contribution in [0.2, 0.25) is 0 Å². The summed E-state index contributed by atoms with van der Waals surface area (Å²) in [4.78, 5) is 47.2. The molecule has 138 valence electrons. The minimum Gasteiger partial charge on any atom is -0.493 e. The summed E-state index contributed by atoms with van der Waals surface area (Å²) in [7, 11) is 2.59. The monoisotopic (exact) mass is 380 g/mol. The number of esters is 1. The van der Waals surface area contributed by atoms with E-state index in [-0.39, 0.29) is 11.5 Å². The molecule has 0 radical (unpaired) electrons. The van der Waals surface area contributed by atoms with E-state index in [0.29, 0.717) is 17.1 Å². The summed E-state index contributed by atoms with van der Waals surface area (Å²) in [5, 5.41) is -0.556. The van der Waals surface area contributed by atoms with Crippen LogP contribution in [0, 0.1) is 0 Å². The minimum absolute atomic E-state index is 0.159. The van der Waals surface area contributed by atoms with Crippen molar-refractivity contribution in [2.45, 2.75) is 0 Å². The zero-order valence-electron chi connectivity index (χ0n) is 14.0. The number of imide groups is 1. The van der Waals surface area contributed by atoms with Crippen molar-refractivity contribution in [2.75, 3.05) is 27.4 Å². The van der Waals surface area contributed by atoms with Crippen molar-refractivity contribution in [1.82, 2.24) is 4.90 Å². The van der Waals surface area contributed by atoms with Crippen LogP contribution < -0.4 is 15.2 Å². The van der Waals surface area contributed by atoms with E-state index < -0.39 is 29.6 Å². The fourth-order valence-electron chi connectivity index (χ4n) is 2.02. The van der Waals surface area contributed by atoms with Gasteiger partial charge in [0, 0.05) is 0 Å². The third-order valence-corrected chi connectivity index (χ3v) is 4.15. The maximum absolute atomic E-state index is 12.3. The average molecular weight is 380 g/mol. The summed E-state index contributed by atoms with van der Waals surface area (Å²) in [5.41, 5.74) is 5.60. The molecule has 0 bridgehead atoms. The third kappa shape index (κ3) is 4.54. The summed E-state index contributed by atoms with van der Waals surface area (Å²) >= 11 is 0.718. The maximum Gasteiger partial charge on any atom is 0.325 e. The van der Waals surface area contributed by atoms with Gasteiger partial charge in [-0.3, -0.25) is 24.1 Å². The topological polar surface area (TPSA) is 125 Å². The van der Waals surface area contributed by atoms with Crippen molar-refractivity contribution in [1.29, 1.82) is 0 Å². The lowest BCUT2D eigenvalue weighted by molar-refractivity contribution is -0.143. The molecule has 0 spiro atoms. The number of primary amides is 1. The zero-order chi connectivity index (χ0) is 19.3. The van der Waals surface area contributed by atoms with Crippen LogP contribution in [0.15, 0.2) is 23.1 Å². The van der Waals surface area contributed by atoms with Crippen molar-refractivity contribution in [2.24, 2.45) is 5.73 Å². The van der Waals surface area contributed by atoms with Crippen molar-refractivity contribution in [3.8, 4) is 11.5 Å². The van der Waals surface area contributed by atoms with Crippen molar-refractivity contribution in [3.63, 3.8) is 0 Å². The number of methoxy groups -OCH3 is 2. The van der Waals surface area contributed by atoms with Gasteiger partial charge in [0.25, 0.3) is 17.1 Å². The molecule has 2 N–H and O–H groups in total. The Hall–Kier alpha value is -3.01. The molecule has 1 fully saturated rings. The fraction of sp³-hybridized carbons (Fsp3) is 0.250. The molecule has 3 amide bonds. The SMILES string of the molecule is COC(=O)CN1C(=O)S/C(=C\c2ccc(OCC(N)=O)c(OC)c2)C1=O. The number of hydrogen-bond donors (Lipinski definition) is 1. The molecule has 0 aromatic heterocycles. The molecule has 9 nitrogen and oxygen atoms in total. The standard InChI is InChI=1S/C16H16N2O7S/c1-23-11-5-9(3-4-10(11)25-8-13(17)19)6-12-15(21)18(16(22)26-12)7-14(20)24-2/h3-6H,7-8H2,1-2H3,(H2,17,19)/b12-6-. The number of ether oxygens (including phenoxy) is 3. The third-order valence-electron chi connectivity index (χ3n) is 3.24. The second kappa shape index (κ2) is 8.39. The van der Waals surface area contributed by atoms with Crippen LogP contribution in [-0.4, -0.2) is 55.3 Å². The van der Waals surface area contributed by atoms with Crippen LogP contribution in [-0.2, 0) is 19.1 Å². The first-order valence-corrected chi connectivity index (χ1v) is 8.08. The molecule has 1 aromatic carbocycles. The van der Waals surface area contributed by atoms with Gasteiger partial charge in [-0.25, -0.2) is 0 Å². The Bertz CT molecular complexity index is 791. The van der Waals surface area contributed by atoms with Gasteiger partial charge < -0.3 is 19.9 Å². The molecule has 26 heavy (non-hydrogen) atoms. The normalized spacial score (nSPS) is 15.3. The summed E-state index contributed by atoms with van der Waals surface area (Å²) in [5.74, 6) is -1.27. The smallest absolute Gasteiger partial charge is 0.325 e. The molecule has 2 rings (SSSR count). The highest BCUT2D eigenvalue weighted by Gasteiger charge is 2.36. The van der Waals surface area contributed by atoms with Gasteiger partial charge in [0.15, 0.2) is 18.1 Å².